The summed E-state index contributed by atoms with van der Waals surface area (Å²) in [5.41, 5.74) is 3.02. The van der Waals surface area contributed by atoms with E-state index in [1.54, 1.807) is 43.3 Å². The summed E-state index contributed by atoms with van der Waals surface area (Å²) in [7, 11) is -3.41. The number of halogens is 2. The van der Waals surface area contributed by atoms with Crippen molar-refractivity contribution < 1.29 is 21.9 Å². The molecule has 1 aliphatic rings. The largest absolute Gasteiger partial charge is 0.435 e. The first-order valence-corrected chi connectivity index (χ1v) is 12.1. The standard InChI is InChI=1S/C23H23F2N3O3S/c1-2-12-32(29,30)27-16-8-6-15(7-9-16)22-20(14-26)19-11-10-18(31-23(24)25)13-21(19)28(22)17-4-3-5-17/h6-11,13,17,23,27H,2-5,12H2,1H3. The van der Waals surface area contributed by atoms with Gasteiger partial charge in [-0.3, -0.25) is 4.72 Å². The number of hydrogen-bond donors (Lipinski definition) is 1. The van der Waals surface area contributed by atoms with Crippen LogP contribution in [0.25, 0.3) is 22.2 Å². The van der Waals surface area contributed by atoms with Crippen molar-refractivity contribution in [1.82, 2.24) is 4.57 Å². The van der Waals surface area contributed by atoms with Crippen molar-refractivity contribution in [2.45, 2.75) is 45.3 Å². The molecule has 1 heterocycles. The molecule has 2 aromatic carbocycles. The Morgan fingerprint density at radius 2 is 1.94 bits per heavy atom. The molecule has 0 spiro atoms. The molecule has 32 heavy (non-hydrogen) atoms. The molecule has 0 saturated heterocycles. The molecular weight excluding hydrogens is 436 g/mol. The molecule has 0 bridgehead atoms. The van der Waals surface area contributed by atoms with Crippen LogP contribution in [0, 0.1) is 11.3 Å². The SMILES string of the molecule is CCCS(=O)(=O)Nc1ccc(-c2c(C#N)c3ccc(OC(F)F)cc3n2C2CCC2)cc1. The number of benzene rings is 2. The Labute approximate surface area is 185 Å². The summed E-state index contributed by atoms with van der Waals surface area (Å²) in [5.74, 6) is 0.0778. The predicted octanol–water partition coefficient (Wildman–Crippen LogP) is 5.66. The normalized spacial score (nSPS) is 14.3. The summed E-state index contributed by atoms with van der Waals surface area (Å²) in [6, 6.07) is 13.9. The van der Waals surface area contributed by atoms with Gasteiger partial charge in [0.1, 0.15) is 11.8 Å². The van der Waals surface area contributed by atoms with E-state index < -0.39 is 16.6 Å². The fourth-order valence-electron chi connectivity index (χ4n) is 4.08. The van der Waals surface area contributed by atoms with Crippen LogP contribution in [0.1, 0.15) is 44.2 Å². The number of anilines is 1. The van der Waals surface area contributed by atoms with E-state index >= 15 is 0 Å². The molecule has 1 N–H and O–H groups in total. The predicted molar refractivity (Wildman–Crippen MR) is 119 cm³/mol. The Kier molecular flexibility index (Phi) is 6.07. The molecule has 0 amide bonds. The van der Waals surface area contributed by atoms with Crippen LogP contribution >= 0.6 is 0 Å². The molecule has 0 aliphatic heterocycles. The van der Waals surface area contributed by atoms with Crippen LogP contribution in [0.15, 0.2) is 42.5 Å². The fraction of sp³-hybridized carbons (Fsp3) is 0.348. The molecule has 4 rings (SSSR count). The molecule has 1 aromatic heterocycles. The van der Waals surface area contributed by atoms with Gasteiger partial charge in [-0.25, -0.2) is 8.42 Å². The molecule has 0 radical (unpaired) electrons. The van der Waals surface area contributed by atoms with Gasteiger partial charge in [-0.05, 0) is 55.5 Å². The van der Waals surface area contributed by atoms with Crippen LogP contribution in [-0.4, -0.2) is 25.3 Å². The fourth-order valence-corrected chi connectivity index (χ4v) is 5.22. The van der Waals surface area contributed by atoms with E-state index in [0.29, 0.717) is 34.3 Å². The highest BCUT2D eigenvalue weighted by Crippen LogP contribution is 2.43. The first kappa shape index (κ1) is 22.1. The second-order valence-corrected chi connectivity index (χ2v) is 9.69. The molecule has 168 valence electrons. The zero-order valence-corrected chi connectivity index (χ0v) is 18.3. The summed E-state index contributed by atoms with van der Waals surface area (Å²) in [5, 5.41) is 10.6. The van der Waals surface area contributed by atoms with Crippen LogP contribution in [0.2, 0.25) is 0 Å². The van der Waals surface area contributed by atoms with Crippen molar-refractivity contribution in [3.05, 3.63) is 48.0 Å². The number of rotatable bonds is 8. The third-order valence-electron chi connectivity index (χ3n) is 5.66. The Morgan fingerprint density at radius 3 is 2.50 bits per heavy atom. The minimum Gasteiger partial charge on any atom is -0.435 e. The van der Waals surface area contributed by atoms with Crippen molar-refractivity contribution in [2.75, 3.05) is 10.5 Å². The van der Waals surface area contributed by atoms with E-state index in [1.807, 2.05) is 4.57 Å². The zero-order valence-electron chi connectivity index (χ0n) is 17.5. The molecule has 0 unspecified atom stereocenters. The Hall–Kier alpha value is -3.12. The number of nitriles is 1. The van der Waals surface area contributed by atoms with Crippen LogP contribution in [0.4, 0.5) is 14.5 Å². The smallest absolute Gasteiger partial charge is 0.387 e. The van der Waals surface area contributed by atoms with E-state index in [2.05, 4.69) is 15.5 Å². The van der Waals surface area contributed by atoms with Gasteiger partial charge in [-0.1, -0.05) is 19.1 Å². The summed E-state index contributed by atoms with van der Waals surface area (Å²) < 4.78 is 58.8. The number of hydrogen-bond acceptors (Lipinski definition) is 4. The second kappa shape index (κ2) is 8.79. The maximum atomic E-state index is 12.7. The lowest BCUT2D eigenvalue weighted by molar-refractivity contribution is -0.0497. The van der Waals surface area contributed by atoms with Crippen LogP contribution < -0.4 is 9.46 Å². The van der Waals surface area contributed by atoms with Gasteiger partial charge in [0.25, 0.3) is 0 Å². The molecule has 1 fully saturated rings. The lowest BCUT2D eigenvalue weighted by atomic mass is 9.92. The minimum absolute atomic E-state index is 0.0340. The van der Waals surface area contributed by atoms with Gasteiger partial charge in [0.05, 0.1) is 22.5 Å². The van der Waals surface area contributed by atoms with Gasteiger partial charge in [-0.2, -0.15) is 14.0 Å². The van der Waals surface area contributed by atoms with E-state index in [9.17, 15) is 22.5 Å². The topological polar surface area (TPSA) is 84.1 Å². The molecule has 9 heteroatoms. The number of ether oxygens (including phenoxy) is 1. The lowest BCUT2D eigenvalue weighted by Gasteiger charge is -2.30. The summed E-state index contributed by atoms with van der Waals surface area (Å²) in [4.78, 5) is 0. The van der Waals surface area contributed by atoms with Crippen molar-refractivity contribution >= 4 is 26.6 Å². The minimum atomic E-state index is -3.41. The van der Waals surface area contributed by atoms with Crippen molar-refractivity contribution in [2.24, 2.45) is 0 Å². The van der Waals surface area contributed by atoms with Crippen LogP contribution in [0.3, 0.4) is 0 Å². The molecule has 0 atom stereocenters. The first-order chi connectivity index (χ1) is 15.3. The summed E-state index contributed by atoms with van der Waals surface area (Å²) in [6.45, 7) is -1.14. The van der Waals surface area contributed by atoms with Gasteiger partial charge in [0.2, 0.25) is 10.0 Å². The van der Waals surface area contributed by atoms with E-state index in [-0.39, 0.29) is 17.5 Å². The Bertz CT molecular complexity index is 1270. The quantitative estimate of drug-likeness (QED) is 0.471. The number of nitrogens with zero attached hydrogens (tertiary/aromatic N) is 2. The number of alkyl halides is 2. The average Bonchev–Trinajstić information content (AvgIpc) is 3.00. The summed E-state index contributed by atoms with van der Waals surface area (Å²) >= 11 is 0. The average molecular weight is 460 g/mol. The number of fused-ring (bicyclic) bond motifs is 1. The highest BCUT2D eigenvalue weighted by atomic mass is 32.2. The highest BCUT2D eigenvalue weighted by Gasteiger charge is 2.28. The maximum Gasteiger partial charge on any atom is 0.387 e. The third-order valence-corrected chi connectivity index (χ3v) is 7.15. The second-order valence-electron chi connectivity index (χ2n) is 7.85. The number of sulfonamides is 1. The lowest BCUT2D eigenvalue weighted by Crippen LogP contribution is -2.18. The van der Waals surface area contributed by atoms with Gasteiger partial charge >= 0.3 is 6.61 Å². The Morgan fingerprint density at radius 1 is 1.22 bits per heavy atom. The molecule has 1 aliphatic carbocycles. The van der Waals surface area contributed by atoms with Gasteiger partial charge in [0.15, 0.2) is 0 Å². The molecule has 6 nitrogen and oxygen atoms in total. The molecule has 3 aromatic rings. The maximum absolute atomic E-state index is 12.7. The van der Waals surface area contributed by atoms with Crippen molar-refractivity contribution in [3.63, 3.8) is 0 Å². The third kappa shape index (κ3) is 4.28. The Balaban J connectivity index is 1.82. The first-order valence-electron chi connectivity index (χ1n) is 10.5. The summed E-state index contributed by atoms with van der Waals surface area (Å²) in [6.07, 6.45) is 3.42. The van der Waals surface area contributed by atoms with Gasteiger partial charge < -0.3 is 9.30 Å². The van der Waals surface area contributed by atoms with Gasteiger partial charge in [-0.15, -0.1) is 0 Å². The van der Waals surface area contributed by atoms with Crippen LogP contribution in [0.5, 0.6) is 5.75 Å². The van der Waals surface area contributed by atoms with E-state index in [1.165, 1.54) is 6.07 Å². The molecular formula is C23H23F2N3O3S. The number of aromatic nitrogens is 1. The zero-order chi connectivity index (χ0) is 22.9. The highest BCUT2D eigenvalue weighted by molar-refractivity contribution is 7.92. The van der Waals surface area contributed by atoms with E-state index in [0.717, 1.165) is 24.8 Å². The monoisotopic (exact) mass is 459 g/mol. The van der Waals surface area contributed by atoms with Crippen molar-refractivity contribution in [3.8, 4) is 23.1 Å². The number of nitrogens with one attached hydrogen (secondary N) is 1. The van der Waals surface area contributed by atoms with E-state index in [4.69, 9.17) is 0 Å². The van der Waals surface area contributed by atoms with Gasteiger partial charge in [0, 0.05) is 23.2 Å². The molecule has 1 saturated carbocycles. The van der Waals surface area contributed by atoms with Crippen LogP contribution in [-0.2, 0) is 10.0 Å². The van der Waals surface area contributed by atoms with Crippen molar-refractivity contribution in [1.29, 1.82) is 5.26 Å².